The minimum atomic E-state index is 0.203. The number of aromatic hydroxyl groups is 1. The summed E-state index contributed by atoms with van der Waals surface area (Å²) in [4.78, 5) is 13.8. The number of carbonyl (C=O) groups is 1. The van der Waals surface area contributed by atoms with Gasteiger partial charge in [-0.3, -0.25) is 4.79 Å². The number of hydrogen-bond donors (Lipinski definition) is 2. The van der Waals surface area contributed by atoms with Crippen LogP contribution in [-0.2, 0) is 11.3 Å². The number of nitrogens with zero attached hydrogens (tertiary/aromatic N) is 4. The van der Waals surface area contributed by atoms with Crippen LogP contribution in [0.1, 0.15) is 42.4 Å². The highest BCUT2D eigenvalue weighted by atomic mass is 16.3. The highest BCUT2D eigenvalue weighted by Gasteiger charge is 2.45. The number of hydrogen-bond acceptors (Lipinski definition) is 7. The molecule has 0 amide bonds. The number of nitrogens with one attached hydrogen (secondary N) is 1. The van der Waals surface area contributed by atoms with Crippen LogP contribution in [0.25, 0.3) is 10.8 Å². The zero-order valence-corrected chi connectivity index (χ0v) is 18.1. The van der Waals surface area contributed by atoms with Crippen molar-refractivity contribution in [3.8, 4) is 11.8 Å². The second-order valence-electron chi connectivity index (χ2n) is 9.10. The van der Waals surface area contributed by atoms with Crippen molar-refractivity contribution in [1.29, 1.82) is 5.26 Å². The second kappa shape index (κ2) is 7.79. The standard InChI is InChI=1S/C25H25N5O2/c1-16-10-18(3-5-22(16)32)15-27-23-21-11-17(14-26)2-4-20(21)24(29-28-23)30-8-6-25(7-9-30)12-19(31)13-25/h2-5,10-11,32H,6-9,12-13,15H2,1H3,(H,27,28). The SMILES string of the molecule is Cc1cc(CNc2nnc(N3CCC4(CC3)CC(=O)C4)c3ccc(C#N)cc23)ccc1O. The smallest absolute Gasteiger partial charge is 0.159 e. The maximum absolute atomic E-state index is 11.5. The van der Waals surface area contributed by atoms with Gasteiger partial charge in [-0.05, 0) is 60.6 Å². The largest absolute Gasteiger partial charge is 0.508 e. The van der Waals surface area contributed by atoms with Crippen LogP contribution in [0.2, 0.25) is 0 Å². The number of anilines is 2. The zero-order valence-electron chi connectivity index (χ0n) is 18.1. The number of aryl methyl sites for hydroxylation is 1. The van der Waals surface area contributed by atoms with Crippen molar-refractivity contribution in [1.82, 2.24) is 10.2 Å². The van der Waals surface area contributed by atoms with Crippen LogP contribution >= 0.6 is 0 Å². The number of phenols is 1. The summed E-state index contributed by atoms with van der Waals surface area (Å²) in [6.45, 7) is 4.11. The monoisotopic (exact) mass is 427 g/mol. The Balaban J connectivity index is 1.42. The Morgan fingerprint density at radius 3 is 2.59 bits per heavy atom. The minimum Gasteiger partial charge on any atom is -0.508 e. The molecule has 2 heterocycles. The van der Waals surface area contributed by atoms with Gasteiger partial charge in [-0.1, -0.05) is 12.1 Å². The molecular weight excluding hydrogens is 402 g/mol. The molecule has 1 saturated heterocycles. The molecule has 3 aromatic rings. The highest BCUT2D eigenvalue weighted by molar-refractivity contribution is 5.99. The summed E-state index contributed by atoms with van der Waals surface area (Å²) in [5.41, 5.74) is 2.62. The number of Topliss-reactive ketones (excluding diaryl/α,β-unsaturated/α-hetero) is 1. The van der Waals surface area contributed by atoms with Gasteiger partial charge in [0.05, 0.1) is 11.6 Å². The van der Waals surface area contributed by atoms with Gasteiger partial charge in [-0.15, -0.1) is 10.2 Å². The van der Waals surface area contributed by atoms with Crippen molar-refractivity contribution in [2.75, 3.05) is 23.3 Å². The number of piperidine rings is 1. The van der Waals surface area contributed by atoms with Gasteiger partial charge < -0.3 is 15.3 Å². The summed E-state index contributed by atoms with van der Waals surface area (Å²) in [6, 6.07) is 13.3. The third-order valence-corrected chi connectivity index (χ3v) is 6.88. The Morgan fingerprint density at radius 1 is 1.12 bits per heavy atom. The average Bonchev–Trinajstić information content (AvgIpc) is 2.79. The molecule has 2 fully saturated rings. The molecule has 0 bridgehead atoms. The Kier molecular flexibility index (Phi) is 4.93. The zero-order chi connectivity index (χ0) is 22.3. The first-order valence-corrected chi connectivity index (χ1v) is 11.0. The number of benzene rings is 2. The third-order valence-electron chi connectivity index (χ3n) is 6.88. The third kappa shape index (κ3) is 3.62. The van der Waals surface area contributed by atoms with E-state index in [1.54, 1.807) is 6.07 Å². The summed E-state index contributed by atoms with van der Waals surface area (Å²) in [5.74, 6) is 2.12. The highest BCUT2D eigenvalue weighted by Crippen LogP contribution is 2.47. The molecule has 0 atom stereocenters. The van der Waals surface area contributed by atoms with E-state index >= 15 is 0 Å². The topological polar surface area (TPSA) is 102 Å². The number of carbonyl (C=O) groups excluding carboxylic acids is 1. The molecule has 2 N–H and O–H groups in total. The van der Waals surface area contributed by atoms with Crippen molar-refractivity contribution in [3.63, 3.8) is 0 Å². The predicted molar refractivity (Wildman–Crippen MR) is 123 cm³/mol. The lowest BCUT2D eigenvalue weighted by molar-refractivity contribution is -0.133. The van der Waals surface area contributed by atoms with E-state index in [4.69, 9.17) is 0 Å². The van der Waals surface area contributed by atoms with Gasteiger partial charge in [0.15, 0.2) is 11.6 Å². The molecule has 2 aliphatic rings. The van der Waals surface area contributed by atoms with Crippen molar-refractivity contribution < 1.29 is 9.90 Å². The number of aromatic nitrogens is 2. The molecule has 1 aliphatic carbocycles. The Labute approximate surface area is 186 Å². The van der Waals surface area contributed by atoms with Crippen LogP contribution in [0.4, 0.5) is 11.6 Å². The van der Waals surface area contributed by atoms with E-state index in [-0.39, 0.29) is 11.2 Å². The molecule has 1 aromatic heterocycles. The van der Waals surface area contributed by atoms with Crippen molar-refractivity contribution in [2.45, 2.75) is 39.2 Å². The fourth-order valence-electron chi connectivity index (χ4n) is 4.92. The molecule has 162 valence electrons. The summed E-state index contributed by atoms with van der Waals surface area (Å²) < 4.78 is 0. The molecule has 2 aromatic carbocycles. The van der Waals surface area contributed by atoms with Gasteiger partial charge in [0.25, 0.3) is 0 Å². The van der Waals surface area contributed by atoms with Crippen molar-refractivity contribution >= 4 is 28.2 Å². The number of fused-ring (bicyclic) bond motifs is 1. The van der Waals surface area contributed by atoms with Crippen LogP contribution < -0.4 is 10.2 Å². The fraction of sp³-hybridized carbons (Fsp3) is 0.360. The minimum absolute atomic E-state index is 0.203. The van der Waals surface area contributed by atoms with E-state index in [1.165, 1.54) is 0 Å². The average molecular weight is 428 g/mol. The van der Waals surface area contributed by atoms with Gasteiger partial charge in [-0.2, -0.15) is 5.26 Å². The number of ketones is 1. The lowest BCUT2D eigenvalue weighted by Gasteiger charge is -2.47. The van der Waals surface area contributed by atoms with Gasteiger partial charge in [0.1, 0.15) is 11.5 Å². The predicted octanol–water partition coefficient (Wildman–Crippen LogP) is 4.08. The van der Waals surface area contributed by atoms with Crippen molar-refractivity contribution in [3.05, 3.63) is 53.1 Å². The van der Waals surface area contributed by atoms with Crippen LogP contribution in [0, 0.1) is 23.7 Å². The van der Waals surface area contributed by atoms with Crippen LogP contribution in [0.5, 0.6) is 5.75 Å². The Hall–Kier alpha value is -3.66. The first-order valence-electron chi connectivity index (χ1n) is 11.0. The maximum Gasteiger partial charge on any atom is 0.159 e. The van der Waals surface area contributed by atoms with Crippen molar-refractivity contribution in [2.24, 2.45) is 5.41 Å². The van der Waals surface area contributed by atoms with E-state index < -0.39 is 0 Å². The number of rotatable bonds is 4. The summed E-state index contributed by atoms with van der Waals surface area (Å²) in [6.07, 6.45) is 3.44. The van der Waals surface area contributed by atoms with Gasteiger partial charge in [-0.25, -0.2) is 0 Å². The van der Waals surface area contributed by atoms with E-state index in [1.807, 2.05) is 37.3 Å². The van der Waals surface area contributed by atoms with Crippen LogP contribution in [-0.4, -0.2) is 34.2 Å². The number of nitriles is 1. The molecule has 1 spiro atoms. The molecule has 7 nitrogen and oxygen atoms in total. The van der Waals surface area contributed by atoms with E-state index in [9.17, 15) is 15.2 Å². The second-order valence-corrected chi connectivity index (χ2v) is 9.10. The summed E-state index contributed by atoms with van der Waals surface area (Å²) >= 11 is 0. The lowest BCUT2D eigenvalue weighted by Crippen LogP contribution is -2.47. The van der Waals surface area contributed by atoms with Gasteiger partial charge >= 0.3 is 0 Å². The molecule has 5 rings (SSSR count). The first kappa shape index (κ1) is 20.3. The van der Waals surface area contributed by atoms with E-state index in [2.05, 4.69) is 26.5 Å². The quantitative estimate of drug-likeness (QED) is 0.647. The Morgan fingerprint density at radius 2 is 1.91 bits per heavy atom. The molecule has 0 radical (unpaired) electrons. The normalized spacial score (nSPS) is 17.2. The first-order chi connectivity index (χ1) is 15.5. The molecule has 32 heavy (non-hydrogen) atoms. The van der Waals surface area contributed by atoms with Crippen LogP contribution in [0.15, 0.2) is 36.4 Å². The van der Waals surface area contributed by atoms with Crippen LogP contribution in [0.3, 0.4) is 0 Å². The summed E-state index contributed by atoms with van der Waals surface area (Å²) in [5, 5.41) is 33.4. The molecule has 1 saturated carbocycles. The maximum atomic E-state index is 11.5. The molecule has 1 aliphatic heterocycles. The van der Waals surface area contributed by atoms with Gasteiger partial charge in [0, 0.05) is 43.2 Å². The lowest BCUT2D eigenvalue weighted by atomic mass is 9.62. The molecular formula is C25H25N5O2. The van der Waals surface area contributed by atoms with E-state index in [0.717, 1.165) is 66.5 Å². The molecule has 0 unspecified atom stereocenters. The van der Waals surface area contributed by atoms with E-state index in [0.29, 0.717) is 23.7 Å². The van der Waals surface area contributed by atoms with Gasteiger partial charge in [0.2, 0.25) is 0 Å². The Bertz CT molecular complexity index is 1250. The summed E-state index contributed by atoms with van der Waals surface area (Å²) in [7, 11) is 0. The fourth-order valence-corrected chi connectivity index (χ4v) is 4.92. The molecule has 7 heteroatoms. The number of phenolic OH excluding ortho intramolecular Hbond substituents is 1.